The molecule has 0 saturated heterocycles. The lowest BCUT2D eigenvalue weighted by Gasteiger charge is -2.31. The molecule has 0 aromatic carbocycles. The van der Waals surface area contributed by atoms with Crippen LogP contribution in [0.15, 0.2) is 0 Å². The summed E-state index contributed by atoms with van der Waals surface area (Å²) >= 11 is 0. The predicted octanol–water partition coefficient (Wildman–Crippen LogP) is -0.245. The Morgan fingerprint density at radius 2 is 1.67 bits per heavy atom. The van der Waals surface area contributed by atoms with Gasteiger partial charge >= 0.3 is 0 Å². The second kappa shape index (κ2) is 4.61. The van der Waals surface area contributed by atoms with Crippen LogP contribution >= 0.6 is 0 Å². The Hall–Kier alpha value is -1.10. The molecule has 0 atom stereocenters. The van der Waals surface area contributed by atoms with Crippen LogP contribution < -0.4 is 16.4 Å². The lowest BCUT2D eigenvalue weighted by molar-refractivity contribution is -0.128. The molecule has 4 N–H and O–H groups in total. The molecule has 0 radical (unpaired) electrons. The molecule has 0 fully saturated rings. The largest absolute Gasteiger partial charge is 0.370 e. The van der Waals surface area contributed by atoms with Crippen molar-refractivity contribution in [2.75, 3.05) is 7.05 Å². The fourth-order valence-electron chi connectivity index (χ4n) is 1.06. The molecule has 0 unspecified atom stereocenters. The van der Waals surface area contributed by atoms with Crippen LogP contribution in [0.5, 0.6) is 0 Å². The van der Waals surface area contributed by atoms with Crippen molar-refractivity contribution < 1.29 is 9.59 Å². The van der Waals surface area contributed by atoms with E-state index in [1.807, 2.05) is 0 Å². The van der Waals surface area contributed by atoms with Gasteiger partial charge in [-0.25, -0.2) is 0 Å². The van der Waals surface area contributed by atoms with Gasteiger partial charge in [-0.1, -0.05) is 0 Å². The van der Waals surface area contributed by atoms with Crippen molar-refractivity contribution in [3.05, 3.63) is 0 Å². The standard InChI is InChI=1S/C10H21N3O2/c1-9(2,6-7(11)14)13-8(15)10(3,4)12-5/h12H,6H2,1-5H3,(H2,11,14)(H,13,15). The molecular formula is C10H21N3O2. The molecule has 88 valence electrons. The summed E-state index contributed by atoms with van der Waals surface area (Å²) in [6.07, 6.45) is 0.124. The second-order valence-corrected chi connectivity index (χ2v) is 4.86. The number of rotatable bonds is 5. The number of carbonyl (C=O) groups excluding carboxylic acids is 2. The molecule has 5 nitrogen and oxygen atoms in total. The molecule has 2 amide bonds. The van der Waals surface area contributed by atoms with Gasteiger partial charge in [0, 0.05) is 12.0 Å². The summed E-state index contributed by atoms with van der Waals surface area (Å²) in [6.45, 7) is 7.06. The van der Waals surface area contributed by atoms with Gasteiger partial charge in [-0.15, -0.1) is 0 Å². The van der Waals surface area contributed by atoms with E-state index in [1.165, 1.54) is 0 Å². The first-order valence-corrected chi connectivity index (χ1v) is 4.90. The lowest BCUT2D eigenvalue weighted by Crippen LogP contribution is -2.57. The topological polar surface area (TPSA) is 84.2 Å². The first kappa shape index (κ1) is 13.9. The molecular weight excluding hydrogens is 194 g/mol. The van der Waals surface area contributed by atoms with Crippen LogP contribution in [-0.4, -0.2) is 29.9 Å². The third-order valence-electron chi connectivity index (χ3n) is 2.26. The van der Waals surface area contributed by atoms with Crippen LogP contribution in [0, 0.1) is 0 Å². The number of amides is 2. The van der Waals surface area contributed by atoms with Crippen molar-refractivity contribution in [2.45, 2.75) is 45.2 Å². The summed E-state index contributed by atoms with van der Waals surface area (Å²) in [7, 11) is 1.71. The number of likely N-dealkylation sites (N-methyl/N-ethyl adjacent to an activating group) is 1. The lowest BCUT2D eigenvalue weighted by atomic mass is 9.97. The third-order valence-corrected chi connectivity index (χ3v) is 2.26. The van der Waals surface area contributed by atoms with Gasteiger partial charge in [0.1, 0.15) is 0 Å². The zero-order chi connectivity index (χ0) is 12.3. The van der Waals surface area contributed by atoms with E-state index >= 15 is 0 Å². The van der Waals surface area contributed by atoms with Crippen LogP contribution in [0.1, 0.15) is 34.1 Å². The highest BCUT2D eigenvalue weighted by Crippen LogP contribution is 2.10. The fraction of sp³-hybridized carbons (Fsp3) is 0.800. The maximum absolute atomic E-state index is 11.8. The summed E-state index contributed by atoms with van der Waals surface area (Å²) in [6, 6.07) is 0. The highest BCUT2D eigenvalue weighted by molar-refractivity contribution is 5.86. The molecule has 0 bridgehead atoms. The quantitative estimate of drug-likeness (QED) is 0.591. The molecule has 5 heteroatoms. The highest BCUT2D eigenvalue weighted by Gasteiger charge is 2.31. The van der Waals surface area contributed by atoms with E-state index in [0.29, 0.717) is 0 Å². The van der Waals surface area contributed by atoms with E-state index in [9.17, 15) is 9.59 Å². The Morgan fingerprint density at radius 3 is 2.00 bits per heavy atom. The van der Waals surface area contributed by atoms with Gasteiger partial charge in [-0.2, -0.15) is 0 Å². The molecule has 0 aromatic heterocycles. The van der Waals surface area contributed by atoms with E-state index in [4.69, 9.17) is 5.73 Å². The van der Waals surface area contributed by atoms with E-state index in [2.05, 4.69) is 10.6 Å². The van der Waals surface area contributed by atoms with E-state index in [0.717, 1.165) is 0 Å². The Morgan fingerprint density at radius 1 is 1.20 bits per heavy atom. The normalized spacial score (nSPS) is 12.3. The average Bonchev–Trinajstić information content (AvgIpc) is 2.00. The molecule has 0 aliphatic heterocycles. The molecule has 0 aromatic rings. The first-order valence-electron chi connectivity index (χ1n) is 4.90. The van der Waals surface area contributed by atoms with Gasteiger partial charge in [-0.05, 0) is 34.7 Å². The minimum atomic E-state index is -0.658. The maximum atomic E-state index is 11.8. The molecule has 0 aliphatic rings. The van der Waals surface area contributed by atoms with Gasteiger partial charge in [0.25, 0.3) is 0 Å². The Balaban J connectivity index is 4.46. The Bertz CT molecular complexity index is 259. The van der Waals surface area contributed by atoms with Crippen molar-refractivity contribution in [2.24, 2.45) is 5.73 Å². The number of hydrogen-bond donors (Lipinski definition) is 3. The van der Waals surface area contributed by atoms with Crippen molar-refractivity contribution in [1.82, 2.24) is 10.6 Å². The molecule has 0 saturated carbocycles. The molecule has 0 rings (SSSR count). The number of primary amides is 1. The van der Waals surface area contributed by atoms with Crippen molar-refractivity contribution in [3.63, 3.8) is 0 Å². The summed E-state index contributed by atoms with van der Waals surface area (Å²) in [5, 5.41) is 5.67. The summed E-state index contributed by atoms with van der Waals surface area (Å²) in [4.78, 5) is 22.5. The number of hydrogen-bond acceptors (Lipinski definition) is 3. The monoisotopic (exact) mass is 215 g/mol. The molecule has 0 heterocycles. The minimum absolute atomic E-state index is 0.124. The Kier molecular flexibility index (Phi) is 4.27. The zero-order valence-corrected chi connectivity index (χ0v) is 10.1. The van der Waals surface area contributed by atoms with Gasteiger partial charge in [0.05, 0.1) is 5.54 Å². The summed E-state index contributed by atoms with van der Waals surface area (Å²) in [5.41, 5.74) is 3.82. The molecule has 0 aliphatic carbocycles. The van der Waals surface area contributed by atoms with E-state index in [-0.39, 0.29) is 12.3 Å². The van der Waals surface area contributed by atoms with Gasteiger partial charge in [-0.3, -0.25) is 9.59 Å². The minimum Gasteiger partial charge on any atom is -0.370 e. The molecule has 15 heavy (non-hydrogen) atoms. The van der Waals surface area contributed by atoms with Crippen LogP contribution in [0.25, 0.3) is 0 Å². The molecule has 0 spiro atoms. The smallest absolute Gasteiger partial charge is 0.240 e. The van der Waals surface area contributed by atoms with Crippen LogP contribution in [-0.2, 0) is 9.59 Å². The van der Waals surface area contributed by atoms with Gasteiger partial charge in [0.2, 0.25) is 11.8 Å². The highest BCUT2D eigenvalue weighted by atomic mass is 16.2. The zero-order valence-electron chi connectivity index (χ0n) is 10.1. The van der Waals surface area contributed by atoms with Crippen molar-refractivity contribution >= 4 is 11.8 Å². The van der Waals surface area contributed by atoms with Gasteiger partial charge in [0.15, 0.2) is 0 Å². The number of carbonyl (C=O) groups is 2. The SMILES string of the molecule is CNC(C)(C)C(=O)NC(C)(C)CC(N)=O. The number of nitrogens with one attached hydrogen (secondary N) is 2. The van der Waals surface area contributed by atoms with E-state index < -0.39 is 17.0 Å². The number of nitrogens with two attached hydrogens (primary N) is 1. The van der Waals surface area contributed by atoms with Crippen molar-refractivity contribution in [1.29, 1.82) is 0 Å². The third kappa shape index (κ3) is 4.78. The predicted molar refractivity (Wildman–Crippen MR) is 59.2 cm³/mol. The second-order valence-electron chi connectivity index (χ2n) is 4.86. The Labute approximate surface area is 90.8 Å². The van der Waals surface area contributed by atoms with Crippen LogP contribution in [0.2, 0.25) is 0 Å². The van der Waals surface area contributed by atoms with Crippen LogP contribution in [0.3, 0.4) is 0 Å². The van der Waals surface area contributed by atoms with Crippen LogP contribution in [0.4, 0.5) is 0 Å². The van der Waals surface area contributed by atoms with Gasteiger partial charge < -0.3 is 16.4 Å². The fourth-order valence-corrected chi connectivity index (χ4v) is 1.06. The first-order chi connectivity index (χ1) is 6.60. The summed E-state index contributed by atoms with van der Waals surface area (Å²) in [5.74, 6) is -0.584. The maximum Gasteiger partial charge on any atom is 0.240 e. The summed E-state index contributed by atoms with van der Waals surface area (Å²) < 4.78 is 0. The van der Waals surface area contributed by atoms with Crippen molar-refractivity contribution in [3.8, 4) is 0 Å². The average molecular weight is 215 g/mol. The van der Waals surface area contributed by atoms with E-state index in [1.54, 1.807) is 34.7 Å².